The van der Waals surface area contributed by atoms with E-state index in [0.29, 0.717) is 37.1 Å². The van der Waals surface area contributed by atoms with Crippen molar-refractivity contribution >= 4 is 28.4 Å². The molecule has 1 aromatic heterocycles. The molecule has 3 N–H and O–H groups in total. The van der Waals surface area contributed by atoms with Crippen LogP contribution in [0, 0.1) is 5.92 Å². The average Bonchev–Trinajstić information content (AvgIpc) is 3.16. The maximum atomic E-state index is 12.3. The second-order valence-electron chi connectivity index (χ2n) is 5.77. The smallest absolute Gasteiger partial charge is 0.323 e. The second-order valence-corrected chi connectivity index (χ2v) is 6.60. The van der Waals surface area contributed by atoms with Crippen molar-refractivity contribution in [1.82, 2.24) is 15.2 Å². The molecule has 3 rings (SSSR count). The van der Waals surface area contributed by atoms with E-state index in [-0.39, 0.29) is 11.9 Å². The molecule has 0 radical (unpaired) electrons. The molecule has 3 amide bonds. The Morgan fingerprint density at radius 2 is 2.36 bits per heavy atom. The first-order valence-electron chi connectivity index (χ1n) is 7.65. The summed E-state index contributed by atoms with van der Waals surface area (Å²) in [5.74, 6) is 0.517. The van der Waals surface area contributed by atoms with Gasteiger partial charge < -0.3 is 16.0 Å². The maximum absolute atomic E-state index is 12.3. The van der Waals surface area contributed by atoms with Gasteiger partial charge in [-0.2, -0.15) is 0 Å². The van der Waals surface area contributed by atoms with Crippen molar-refractivity contribution in [3.05, 3.63) is 11.1 Å². The Hall–Kier alpha value is -1.67. The number of nitrogens with zero attached hydrogens (tertiary/aromatic N) is 3. The molecule has 2 saturated heterocycles. The molecule has 22 heavy (non-hydrogen) atoms. The van der Waals surface area contributed by atoms with Crippen molar-refractivity contribution < 1.29 is 9.59 Å². The number of carbonyl (C=O) groups excluding carboxylic acids is 2. The van der Waals surface area contributed by atoms with Gasteiger partial charge in [0.25, 0.3) is 0 Å². The first-order valence-corrected chi connectivity index (χ1v) is 8.53. The molecule has 2 aliphatic rings. The molecule has 1 atom stereocenters. The summed E-state index contributed by atoms with van der Waals surface area (Å²) in [5, 5.41) is 5.34. The van der Waals surface area contributed by atoms with Crippen LogP contribution in [0.1, 0.15) is 18.5 Å². The Morgan fingerprint density at radius 1 is 1.50 bits per heavy atom. The van der Waals surface area contributed by atoms with Gasteiger partial charge in [0, 0.05) is 31.6 Å². The zero-order valence-electron chi connectivity index (χ0n) is 12.5. The number of rotatable bonds is 4. The average molecular weight is 323 g/mol. The predicted molar refractivity (Wildman–Crippen MR) is 84.9 cm³/mol. The van der Waals surface area contributed by atoms with Crippen LogP contribution in [-0.2, 0) is 11.2 Å². The van der Waals surface area contributed by atoms with E-state index in [2.05, 4.69) is 10.3 Å². The standard InChI is InChI=1S/C14H21N5O2S/c15-7-10-2-5-18(8-10)12(20)6-11-9-22-14(17-11)19-4-1-3-16-13(19)21/h9-10H,1-8,15H2,(H,16,21). The van der Waals surface area contributed by atoms with Gasteiger partial charge in [-0.15, -0.1) is 11.3 Å². The van der Waals surface area contributed by atoms with Crippen LogP contribution in [0.3, 0.4) is 0 Å². The number of hydrogen-bond acceptors (Lipinski definition) is 5. The van der Waals surface area contributed by atoms with Crippen LogP contribution in [-0.4, -0.2) is 54.5 Å². The van der Waals surface area contributed by atoms with Crippen LogP contribution in [0.5, 0.6) is 0 Å². The SMILES string of the molecule is NCC1CCN(C(=O)Cc2csc(N3CCCNC3=O)n2)C1. The van der Waals surface area contributed by atoms with Crippen molar-refractivity contribution in [3.8, 4) is 0 Å². The molecule has 120 valence electrons. The van der Waals surface area contributed by atoms with E-state index in [1.54, 1.807) is 4.90 Å². The highest BCUT2D eigenvalue weighted by Crippen LogP contribution is 2.23. The summed E-state index contributed by atoms with van der Waals surface area (Å²) in [6, 6.07) is -0.108. The summed E-state index contributed by atoms with van der Waals surface area (Å²) < 4.78 is 0. The monoisotopic (exact) mass is 323 g/mol. The maximum Gasteiger partial charge on any atom is 0.323 e. The number of carbonyl (C=O) groups is 2. The number of nitrogens with two attached hydrogens (primary N) is 1. The third-order valence-electron chi connectivity index (χ3n) is 4.15. The molecule has 3 heterocycles. The van der Waals surface area contributed by atoms with Gasteiger partial charge in [0.1, 0.15) is 0 Å². The highest BCUT2D eigenvalue weighted by Gasteiger charge is 2.26. The van der Waals surface area contributed by atoms with Gasteiger partial charge in [-0.1, -0.05) is 0 Å². The minimum absolute atomic E-state index is 0.0934. The van der Waals surface area contributed by atoms with Crippen molar-refractivity contribution in [1.29, 1.82) is 0 Å². The van der Waals surface area contributed by atoms with Crippen LogP contribution in [0.2, 0.25) is 0 Å². The first kappa shape index (κ1) is 15.2. The Bertz CT molecular complexity index is 561. The largest absolute Gasteiger partial charge is 0.342 e. The van der Waals surface area contributed by atoms with Gasteiger partial charge in [-0.25, -0.2) is 9.78 Å². The molecule has 0 saturated carbocycles. The second kappa shape index (κ2) is 6.62. The van der Waals surface area contributed by atoms with E-state index in [0.717, 1.165) is 31.6 Å². The van der Waals surface area contributed by atoms with Crippen molar-refractivity contribution in [2.45, 2.75) is 19.3 Å². The number of anilines is 1. The topological polar surface area (TPSA) is 91.6 Å². The van der Waals surface area contributed by atoms with E-state index < -0.39 is 0 Å². The van der Waals surface area contributed by atoms with E-state index in [1.165, 1.54) is 11.3 Å². The fraction of sp³-hybridized carbons (Fsp3) is 0.643. The molecular weight excluding hydrogens is 302 g/mol. The van der Waals surface area contributed by atoms with Gasteiger partial charge >= 0.3 is 6.03 Å². The van der Waals surface area contributed by atoms with Gasteiger partial charge in [-0.05, 0) is 25.3 Å². The number of aromatic nitrogens is 1. The number of thiazole rings is 1. The van der Waals surface area contributed by atoms with Crippen LogP contribution in [0.4, 0.5) is 9.93 Å². The Kier molecular flexibility index (Phi) is 4.58. The number of likely N-dealkylation sites (tertiary alicyclic amines) is 1. The van der Waals surface area contributed by atoms with Crippen LogP contribution in [0.15, 0.2) is 5.38 Å². The fourth-order valence-corrected chi connectivity index (χ4v) is 3.68. The molecule has 0 bridgehead atoms. The zero-order chi connectivity index (χ0) is 15.5. The molecule has 2 aliphatic heterocycles. The van der Waals surface area contributed by atoms with Gasteiger partial charge in [-0.3, -0.25) is 9.69 Å². The highest BCUT2D eigenvalue weighted by atomic mass is 32.1. The van der Waals surface area contributed by atoms with E-state index >= 15 is 0 Å². The molecule has 2 fully saturated rings. The number of urea groups is 1. The van der Waals surface area contributed by atoms with E-state index in [9.17, 15) is 9.59 Å². The van der Waals surface area contributed by atoms with Crippen molar-refractivity contribution in [3.63, 3.8) is 0 Å². The number of hydrogen-bond donors (Lipinski definition) is 2. The lowest BCUT2D eigenvalue weighted by atomic mass is 10.1. The van der Waals surface area contributed by atoms with E-state index in [1.807, 2.05) is 10.3 Å². The normalized spacial score (nSPS) is 22.0. The lowest BCUT2D eigenvalue weighted by molar-refractivity contribution is -0.129. The molecule has 8 heteroatoms. The molecule has 0 aliphatic carbocycles. The molecule has 1 aromatic rings. The van der Waals surface area contributed by atoms with Gasteiger partial charge in [0.05, 0.1) is 12.1 Å². The quantitative estimate of drug-likeness (QED) is 0.840. The Morgan fingerprint density at radius 3 is 3.09 bits per heavy atom. The molecule has 7 nitrogen and oxygen atoms in total. The summed E-state index contributed by atoms with van der Waals surface area (Å²) in [5.41, 5.74) is 6.39. The van der Waals surface area contributed by atoms with Gasteiger partial charge in [0.15, 0.2) is 5.13 Å². The fourth-order valence-electron chi connectivity index (χ4n) is 2.83. The minimum Gasteiger partial charge on any atom is -0.342 e. The Labute approximate surface area is 133 Å². The molecule has 0 aromatic carbocycles. The van der Waals surface area contributed by atoms with Crippen molar-refractivity contribution in [2.75, 3.05) is 37.6 Å². The summed E-state index contributed by atoms with van der Waals surface area (Å²) in [4.78, 5) is 32.0. The van der Waals surface area contributed by atoms with Crippen LogP contribution >= 0.6 is 11.3 Å². The minimum atomic E-state index is -0.108. The van der Waals surface area contributed by atoms with Crippen molar-refractivity contribution in [2.24, 2.45) is 11.7 Å². The highest BCUT2D eigenvalue weighted by molar-refractivity contribution is 7.14. The third-order valence-corrected chi connectivity index (χ3v) is 5.07. The summed E-state index contributed by atoms with van der Waals surface area (Å²) in [6.45, 7) is 3.56. The van der Waals surface area contributed by atoms with Crippen LogP contribution < -0.4 is 16.0 Å². The van der Waals surface area contributed by atoms with Gasteiger partial charge in [0.2, 0.25) is 5.91 Å². The number of amides is 3. The summed E-state index contributed by atoms with van der Waals surface area (Å²) in [7, 11) is 0. The summed E-state index contributed by atoms with van der Waals surface area (Å²) >= 11 is 1.41. The zero-order valence-corrected chi connectivity index (χ0v) is 13.3. The lowest BCUT2D eigenvalue weighted by Crippen LogP contribution is -2.46. The summed E-state index contributed by atoms with van der Waals surface area (Å²) in [6.07, 6.45) is 2.19. The molecule has 0 spiro atoms. The molecule has 1 unspecified atom stereocenters. The molecular formula is C14H21N5O2S. The Balaban J connectivity index is 1.59. The van der Waals surface area contributed by atoms with Crippen LogP contribution in [0.25, 0.3) is 0 Å². The first-order chi connectivity index (χ1) is 10.7. The van der Waals surface area contributed by atoms with E-state index in [4.69, 9.17) is 5.73 Å². The third kappa shape index (κ3) is 3.22. The lowest BCUT2D eigenvalue weighted by Gasteiger charge is -2.24. The predicted octanol–water partition coefficient (Wildman–Crippen LogP) is 0.413. The number of nitrogens with one attached hydrogen (secondary N) is 1.